The Morgan fingerprint density at radius 2 is 1.95 bits per heavy atom. The Morgan fingerprint density at radius 3 is 2.67 bits per heavy atom. The minimum absolute atomic E-state index is 0.0335. The summed E-state index contributed by atoms with van der Waals surface area (Å²) in [6.07, 6.45) is 1.44. The standard InChI is InChI=1S/C18H18N2O/c1-12-8-14-16(9-18(2,3)10-17(14)21)20(12)15-7-5-4-6-13(15)11-19/h4-8H,9-10H2,1-3H3. The molecule has 2 aromatic rings. The minimum atomic E-state index is -0.0335. The fourth-order valence-corrected chi connectivity index (χ4v) is 3.25. The van der Waals surface area contributed by atoms with Gasteiger partial charge >= 0.3 is 0 Å². The molecule has 0 unspecified atom stereocenters. The Hall–Kier alpha value is -2.34. The fraction of sp³-hybridized carbons (Fsp3) is 0.333. The maximum absolute atomic E-state index is 12.4. The molecule has 3 heteroatoms. The number of hydrogen-bond donors (Lipinski definition) is 0. The third-order valence-electron chi connectivity index (χ3n) is 4.14. The number of para-hydroxylation sites is 1. The molecule has 0 fully saturated rings. The van der Waals surface area contributed by atoms with Gasteiger partial charge in [-0.05, 0) is 37.0 Å². The van der Waals surface area contributed by atoms with Crippen molar-refractivity contribution in [3.8, 4) is 11.8 Å². The van der Waals surface area contributed by atoms with Crippen molar-refractivity contribution in [1.82, 2.24) is 4.57 Å². The SMILES string of the molecule is Cc1cc2c(n1-c1ccccc1C#N)CC(C)(C)CC2=O. The molecule has 1 heterocycles. The maximum atomic E-state index is 12.4. The number of carbonyl (C=O) groups is 1. The van der Waals surface area contributed by atoms with Gasteiger partial charge in [-0.1, -0.05) is 26.0 Å². The maximum Gasteiger partial charge on any atom is 0.165 e. The van der Waals surface area contributed by atoms with Crippen LogP contribution >= 0.6 is 0 Å². The van der Waals surface area contributed by atoms with Crippen LogP contribution in [-0.4, -0.2) is 10.4 Å². The van der Waals surface area contributed by atoms with Crippen molar-refractivity contribution in [2.45, 2.75) is 33.6 Å². The van der Waals surface area contributed by atoms with Crippen LogP contribution in [0.25, 0.3) is 5.69 Å². The minimum Gasteiger partial charge on any atom is -0.316 e. The molecule has 0 saturated carbocycles. The second-order valence-electron chi connectivity index (χ2n) is 6.55. The highest BCUT2D eigenvalue weighted by atomic mass is 16.1. The van der Waals surface area contributed by atoms with E-state index in [9.17, 15) is 10.1 Å². The molecule has 0 radical (unpaired) electrons. The van der Waals surface area contributed by atoms with Crippen molar-refractivity contribution in [3.63, 3.8) is 0 Å². The van der Waals surface area contributed by atoms with Crippen LogP contribution in [0.2, 0.25) is 0 Å². The lowest BCUT2D eigenvalue weighted by molar-refractivity contribution is 0.0911. The molecule has 3 rings (SSSR count). The van der Waals surface area contributed by atoms with Crippen molar-refractivity contribution >= 4 is 5.78 Å². The summed E-state index contributed by atoms with van der Waals surface area (Å²) >= 11 is 0. The van der Waals surface area contributed by atoms with E-state index in [0.717, 1.165) is 29.1 Å². The molecule has 0 spiro atoms. The van der Waals surface area contributed by atoms with Gasteiger partial charge in [-0.3, -0.25) is 4.79 Å². The second-order valence-corrected chi connectivity index (χ2v) is 6.55. The van der Waals surface area contributed by atoms with Gasteiger partial charge in [-0.15, -0.1) is 0 Å². The Labute approximate surface area is 124 Å². The predicted molar refractivity (Wildman–Crippen MR) is 81.7 cm³/mol. The topological polar surface area (TPSA) is 45.8 Å². The summed E-state index contributed by atoms with van der Waals surface area (Å²) in [5.41, 5.74) is 4.33. The van der Waals surface area contributed by atoms with E-state index < -0.39 is 0 Å². The average Bonchev–Trinajstić information content (AvgIpc) is 2.74. The summed E-state index contributed by atoms with van der Waals surface area (Å²) in [6.45, 7) is 6.24. The highest BCUT2D eigenvalue weighted by Gasteiger charge is 2.34. The number of aryl methyl sites for hydroxylation is 1. The quantitative estimate of drug-likeness (QED) is 0.796. The Kier molecular flexibility index (Phi) is 2.98. The number of rotatable bonds is 1. The Morgan fingerprint density at radius 1 is 1.24 bits per heavy atom. The Bertz CT molecular complexity index is 775. The van der Waals surface area contributed by atoms with E-state index in [4.69, 9.17) is 0 Å². The van der Waals surface area contributed by atoms with Crippen LogP contribution in [0, 0.1) is 23.7 Å². The normalized spacial score (nSPS) is 16.4. The van der Waals surface area contributed by atoms with Crippen molar-refractivity contribution < 1.29 is 4.79 Å². The van der Waals surface area contributed by atoms with Gasteiger partial charge in [0.2, 0.25) is 0 Å². The van der Waals surface area contributed by atoms with E-state index in [1.54, 1.807) is 0 Å². The lowest BCUT2D eigenvalue weighted by atomic mass is 9.76. The lowest BCUT2D eigenvalue weighted by Crippen LogP contribution is -2.28. The first-order valence-corrected chi connectivity index (χ1v) is 7.17. The number of Topliss-reactive ketones (excluding diaryl/α,β-unsaturated/α-hetero) is 1. The molecule has 0 bridgehead atoms. The van der Waals surface area contributed by atoms with E-state index in [2.05, 4.69) is 24.5 Å². The lowest BCUT2D eigenvalue weighted by Gasteiger charge is -2.30. The van der Waals surface area contributed by atoms with Gasteiger partial charge in [0.1, 0.15) is 6.07 Å². The third-order valence-corrected chi connectivity index (χ3v) is 4.14. The van der Waals surface area contributed by atoms with Crippen molar-refractivity contribution in [3.05, 3.63) is 52.8 Å². The average molecular weight is 278 g/mol. The zero-order valence-electron chi connectivity index (χ0n) is 12.6. The number of benzene rings is 1. The molecule has 0 N–H and O–H groups in total. The van der Waals surface area contributed by atoms with Gasteiger partial charge in [0, 0.05) is 23.4 Å². The van der Waals surface area contributed by atoms with Crippen molar-refractivity contribution in [2.75, 3.05) is 0 Å². The molecule has 0 amide bonds. The molecule has 1 aromatic carbocycles. The Balaban J connectivity index is 2.27. The van der Waals surface area contributed by atoms with E-state index >= 15 is 0 Å². The first kappa shape index (κ1) is 13.6. The van der Waals surface area contributed by atoms with Crippen LogP contribution in [0.3, 0.4) is 0 Å². The molecule has 0 aliphatic heterocycles. The van der Waals surface area contributed by atoms with Crippen molar-refractivity contribution in [1.29, 1.82) is 5.26 Å². The van der Waals surface area contributed by atoms with Crippen molar-refractivity contribution in [2.24, 2.45) is 5.41 Å². The zero-order chi connectivity index (χ0) is 15.2. The van der Waals surface area contributed by atoms with Gasteiger partial charge in [0.25, 0.3) is 0 Å². The van der Waals surface area contributed by atoms with Gasteiger partial charge < -0.3 is 4.57 Å². The van der Waals surface area contributed by atoms with Crippen LogP contribution < -0.4 is 0 Å². The molecular formula is C18H18N2O. The molecular weight excluding hydrogens is 260 g/mol. The highest BCUT2D eigenvalue weighted by molar-refractivity contribution is 5.99. The molecule has 0 saturated heterocycles. The molecule has 1 aliphatic rings. The molecule has 1 aliphatic carbocycles. The number of nitriles is 1. The van der Waals surface area contributed by atoms with E-state index in [1.807, 2.05) is 37.3 Å². The van der Waals surface area contributed by atoms with Gasteiger partial charge in [-0.25, -0.2) is 0 Å². The zero-order valence-corrected chi connectivity index (χ0v) is 12.6. The number of ketones is 1. The number of hydrogen-bond acceptors (Lipinski definition) is 2. The van der Waals surface area contributed by atoms with E-state index in [0.29, 0.717) is 12.0 Å². The highest BCUT2D eigenvalue weighted by Crippen LogP contribution is 2.37. The summed E-state index contributed by atoms with van der Waals surface area (Å²) in [6, 6.07) is 11.8. The van der Waals surface area contributed by atoms with Crippen LogP contribution in [0.1, 0.15) is 47.6 Å². The number of fused-ring (bicyclic) bond motifs is 1. The molecule has 106 valence electrons. The summed E-state index contributed by atoms with van der Waals surface area (Å²) in [7, 11) is 0. The largest absolute Gasteiger partial charge is 0.316 e. The smallest absolute Gasteiger partial charge is 0.165 e. The van der Waals surface area contributed by atoms with Crippen LogP contribution in [0.5, 0.6) is 0 Å². The summed E-state index contributed by atoms with van der Waals surface area (Å²) < 4.78 is 2.08. The van der Waals surface area contributed by atoms with E-state index in [-0.39, 0.29) is 11.2 Å². The summed E-state index contributed by atoms with van der Waals surface area (Å²) in [5, 5.41) is 9.34. The predicted octanol–water partition coefficient (Wildman–Crippen LogP) is 3.81. The molecule has 1 aromatic heterocycles. The first-order chi connectivity index (χ1) is 9.93. The van der Waals surface area contributed by atoms with E-state index in [1.165, 1.54) is 0 Å². The number of nitrogens with zero attached hydrogens (tertiary/aromatic N) is 2. The fourth-order valence-electron chi connectivity index (χ4n) is 3.25. The number of aromatic nitrogens is 1. The molecule has 3 nitrogen and oxygen atoms in total. The van der Waals surface area contributed by atoms with Crippen LogP contribution in [0.15, 0.2) is 30.3 Å². The van der Waals surface area contributed by atoms with Crippen LogP contribution in [-0.2, 0) is 6.42 Å². The third kappa shape index (κ3) is 2.17. The van der Waals surface area contributed by atoms with Gasteiger partial charge in [0.15, 0.2) is 5.78 Å². The van der Waals surface area contributed by atoms with Crippen LogP contribution in [0.4, 0.5) is 0 Å². The monoisotopic (exact) mass is 278 g/mol. The second kappa shape index (κ2) is 4.60. The first-order valence-electron chi connectivity index (χ1n) is 7.17. The summed E-state index contributed by atoms with van der Waals surface area (Å²) in [4.78, 5) is 12.4. The van der Waals surface area contributed by atoms with Gasteiger partial charge in [0.05, 0.1) is 11.3 Å². The van der Waals surface area contributed by atoms with Gasteiger partial charge in [-0.2, -0.15) is 5.26 Å². The number of carbonyl (C=O) groups excluding carboxylic acids is 1. The molecule has 21 heavy (non-hydrogen) atoms. The summed E-state index contributed by atoms with van der Waals surface area (Å²) in [5.74, 6) is 0.206. The molecule has 0 atom stereocenters.